The van der Waals surface area contributed by atoms with E-state index in [1.165, 1.54) is 17.5 Å². The number of hydrogen-bond donors (Lipinski definition) is 1. The number of aliphatic hydroxyl groups is 1. The molecule has 1 rings (SSSR count). The third-order valence-corrected chi connectivity index (χ3v) is 2.00. The molecule has 1 unspecified atom stereocenters. The predicted molar refractivity (Wildman–Crippen MR) is 37.4 cm³/mol. The van der Waals surface area contributed by atoms with Crippen molar-refractivity contribution < 1.29 is 5.11 Å². The van der Waals surface area contributed by atoms with Crippen molar-refractivity contribution in [2.24, 2.45) is 0 Å². The summed E-state index contributed by atoms with van der Waals surface area (Å²) >= 11 is 1.34. The maximum Gasteiger partial charge on any atom is 0.176 e. The molecule has 0 amide bonds. The Labute approximate surface area is 62.6 Å². The smallest absolute Gasteiger partial charge is 0.176 e. The topological polar surface area (TPSA) is 56.9 Å². The van der Waals surface area contributed by atoms with E-state index in [2.05, 4.69) is 4.98 Å². The molecule has 10 heavy (non-hydrogen) atoms. The first kappa shape index (κ1) is 7.19. The van der Waals surface area contributed by atoms with Crippen LogP contribution < -0.4 is 0 Å². The van der Waals surface area contributed by atoms with Gasteiger partial charge in [-0.15, -0.1) is 11.3 Å². The molecular formula is C6H6N2OS. The largest absolute Gasteiger partial charge is 0.373 e. The number of nitriles is 1. The van der Waals surface area contributed by atoms with Gasteiger partial charge in [-0.3, -0.25) is 0 Å². The molecule has 0 fully saturated rings. The van der Waals surface area contributed by atoms with Crippen LogP contribution in [0.2, 0.25) is 0 Å². The molecule has 1 aromatic heterocycles. The highest BCUT2D eigenvalue weighted by Gasteiger charge is 2.07. The molecule has 0 radical (unpaired) electrons. The van der Waals surface area contributed by atoms with Crippen molar-refractivity contribution >= 4 is 11.3 Å². The van der Waals surface area contributed by atoms with E-state index in [4.69, 9.17) is 10.4 Å². The molecule has 1 heterocycles. The summed E-state index contributed by atoms with van der Waals surface area (Å²) in [6.07, 6.45) is 0.514. The highest BCUT2D eigenvalue weighted by Crippen LogP contribution is 2.18. The van der Waals surface area contributed by atoms with Crippen molar-refractivity contribution in [3.63, 3.8) is 0 Å². The van der Waals surface area contributed by atoms with Gasteiger partial charge in [-0.2, -0.15) is 5.26 Å². The van der Waals surface area contributed by atoms with Crippen LogP contribution in [0.1, 0.15) is 16.0 Å². The van der Waals surface area contributed by atoms with Crippen molar-refractivity contribution in [1.29, 1.82) is 5.26 Å². The Hall–Kier alpha value is -0.920. The van der Waals surface area contributed by atoms with Crippen LogP contribution in [0, 0.1) is 18.3 Å². The first-order valence-corrected chi connectivity index (χ1v) is 3.55. The molecule has 1 N–H and O–H groups in total. The average molecular weight is 154 g/mol. The van der Waals surface area contributed by atoms with Crippen molar-refractivity contribution in [3.05, 3.63) is 16.1 Å². The highest BCUT2D eigenvalue weighted by molar-refractivity contribution is 7.11. The molecule has 0 saturated carbocycles. The molecule has 52 valence electrons. The molecule has 1 atom stereocenters. The zero-order valence-corrected chi connectivity index (χ0v) is 6.22. The van der Waals surface area contributed by atoms with Gasteiger partial charge in [0.25, 0.3) is 0 Å². The van der Waals surface area contributed by atoms with Crippen LogP contribution in [0.25, 0.3) is 0 Å². The van der Waals surface area contributed by atoms with Crippen LogP contribution in [0.4, 0.5) is 0 Å². The summed E-state index contributed by atoms with van der Waals surface area (Å²) < 4.78 is 0. The van der Waals surface area contributed by atoms with Crippen LogP contribution >= 0.6 is 11.3 Å². The second-order valence-electron chi connectivity index (χ2n) is 1.81. The molecule has 3 nitrogen and oxygen atoms in total. The normalized spacial score (nSPS) is 12.5. The summed E-state index contributed by atoms with van der Waals surface area (Å²) in [5.74, 6) is 0. The van der Waals surface area contributed by atoms with E-state index in [0.29, 0.717) is 4.88 Å². The zero-order chi connectivity index (χ0) is 7.56. The molecular weight excluding hydrogens is 148 g/mol. The lowest BCUT2D eigenvalue weighted by Crippen LogP contribution is -1.87. The Balaban J connectivity index is 2.87. The number of aromatic nitrogens is 1. The maximum atomic E-state index is 8.95. The third-order valence-electron chi connectivity index (χ3n) is 1.03. The minimum atomic E-state index is -1.01. The summed E-state index contributed by atoms with van der Waals surface area (Å²) in [5, 5.41) is 18.1. The Kier molecular flexibility index (Phi) is 2.00. The zero-order valence-electron chi connectivity index (χ0n) is 5.40. The van der Waals surface area contributed by atoms with Gasteiger partial charge in [-0.25, -0.2) is 4.98 Å². The van der Waals surface area contributed by atoms with Crippen LogP contribution in [0.3, 0.4) is 0 Å². The lowest BCUT2D eigenvalue weighted by Gasteiger charge is -1.91. The second-order valence-corrected chi connectivity index (χ2v) is 3.08. The Bertz CT molecular complexity index is 263. The van der Waals surface area contributed by atoms with E-state index in [0.717, 1.165) is 5.01 Å². The van der Waals surface area contributed by atoms with Gasteiger partial charge in [0.05, 0.1) is 16.0 Å². The first-order chi connectivity index (χ1) is 4.74. The number of aryl methyl sites for hydroxylation is 1. The summed E-state index contributed by atoms with van der Waals surface area (Å²) in [6, 6.07) is 1.72. The predicted octanol–water partition coefficient (Wildman–Crippen LogP) is 1.01. The Morgan fingerprint density at radius 2 is 2.60 bits per heavy atom. The van der Waals surface area contributed by atoms with E-state index < -0.39 is 6.10 Å². The minimum absolute atomic E-state index is 0.611. The van der Waals surface area contributed by atoms with Gasteiger partial charge in [-0.05, 0) is 6.92 Å². The van der Waals surface area contributed by atoms with Gasteiger partial charge >= 0.3 is 0 Å². The SMILES string of the molecule is Cc1ncc(C(O)C#N)s1. The average Bonchev–Trinajstić information content (AvgIpc) is 2.34. The van der Waals surface area contributed by atoms with Crippen LogP contribution in [-0.4, -0.2) is 10.1 Å². The number of thiazole rings is 1. The monoisotopic (exact) mass is 154 g/mol. The van der Waals surface area contributed by atoms with Gasteiger partial charge in [-0.1, -0.05) is 0 Å². The van der Waals surface area contributed by atoms with Crippen molar-refractivity contribution in [3.8, 4) is 6.07 Å². The fourth-order valence-electron chi connectivity index (χ4n) is 0.568. The van der Waals surface area contributed by atoms with Crippen molar-refractivity contribution in [2.45, 2.75) is 13.0 Å². The third kappa shape index (κ3) is 1.32. The van der Waals surface area contributed by atoms with Crippen LogP contribution in [0.15, 0.2) is 6.20 Å². The molecule has 0 saturated heterocycles. The van der Waals surface area contributed by atoms with Crippen molar-refractivity contribution in [2.75, 3.05) is 0 Å². The molecule has 0 aromatic carbocycles. The van der Waals surface area contributed by atoms with Crippen LogP contribution in [-0.2, 0) is 0 Å². The van der Waals surface area contributed by atoms with E-state index in [9.17, 15) is 0 Å². The maximum absolute atomic E-state index is 8.95. The van der Waals surface area contributed by atoms with Gasteiger partial charge in [0.2, 0.25) is 0 Å². The fourth-order valence-corrected chi connectivity index (χ4v) is 1.28. The highest BCUT2D eigenvalue weighted by atomic mass is 32.1. The van der Waals surface area contributed by atoms with Gasteiger partial charge < -0.3 is 5.11 Å². The molecule has 1 aromatic rings. The molecule has 4 heteroatoms. The molecule has 0 aliphatic rings. The van der Waals surface area contributed by atoms with Crippen LogP contribution in [0.5, 0.6) is 0 Å². The van der Waals surface area contributed by atoms with E-state index in [1.54, 1.807) is 6.07 Å². The Morgan fingerprint density at radius 3 is 3.00 bits per heavy atom. The minimum Gasteiger partial charge on any atom is -0.373 e. The summed E-state index contributed by atoms with van der Waals surface area (Å²) in [7, 11) is 0. The summed E-state index contributed by atoms with van der Waals surface area (Å²) in [5.41, 5.74) is 0. The number of rotatable bonds is 1. The molecule has 0 bridgehead atoms. The van der Waals surface area contributed by atoms with Crippen molar-refractivity contribution in [1.82, 2.24) is 4.98 Å². The standard InChI is InChI=1S/C6H6N2OS/c1-4-8-3-6(10-4)5(9)2-7/h3,5,9H,1H3. The molecule has 0 aliphatic carbocycles. The summed E-state index contributed by atoms with van der Waals surface area (Å²) in [6.45, 7) is 1.83. The van der Waals surface area contributed by atoms with E-state index >= 15 is 0 Å². The Morgan fingerprint density at radius 1 is 1.90 bits per heavy atom. The number of hydrogen-bond acceptors (Lipinski definition) is 4. The number of nitrogens with zero attached hydrogens (tertiary/aromatic N) is 2. The van der Waals surface area contributed by atoms with Gasteiger partial charge in [0, 0.05) is 6.20 Å². The summed E-state index contributed by atoms with van der Waals surface area (Å²) in [4.78, 5) is 4.50. The van der Waals surface area contributed by atoms with Gasteiger partial charge in [0.15, 0.2) is 6.10 Å². The van der Waals surface area contributed by atoms with E-state index in [-0.39, 0.29) is 0 Å². The quantitative estimate of drug-likeness (QED) is 0.614. The van der Waals surface area contributed by atoms with E-state index in [1.807, 2.05) is 6.92 Å². The second kappa shape index (κ2) is 2.78. The lowest BCUT2D eigenvalue weighted by molar-refractivity contribution is 0.239. The molecule has 0 aliphatic heterocycles. The lowest BCUT2D eigenvalue weighted by atomic mass is 10.3. The number of aliphatic hydroxyl groups excluding tert-OH is 1. The van der Waals surface area contributed by atoms with Gasteiger partial charge in [0.1, 0.15) is 0 Å². The first-order valence-electron chi connectivity index (χ1n) is 2.74. The molecule has 0 spiro atoms. The fraction of sp³-hybridized carbons (Fsp3) is 0.333.